The van der Waals surface area contributed by atoms with E-state index in [1.807, 2.05) is 4.90 Å². The van der Waals surface area contributed by atoms with Crippen LogP contribution in [0.4, 0.5) is 5.69 Å². The van der Waals surface area contributed by atoms with Crippen LogP contribution in [0.3, 0.4) is 0 Å². The minimum absolute atomic E-state index is 0.0435. The van der Waals surface area contributed by atoms with Gasteiger partial charge in [0.2, 0.25) is 5.91 Å². The van der Waals surface area contributed by atoms with Crippen LogP contribution in [-0.2, 0) is 4.79 Å². The summed E-state index contributed by atoms with van der Waals surface area (Å²) in [5.41, 5.74) is 6.97. The summed E-state index contributed by atoms with van der Waals surface area (Å²) in [4.78, 5) is 25.9. The molecule has 0 bridgehead atoms. The second kappa shape index (κ2) is 5.76. The molecule has 2 amide bonds. The molecule has 0 unspecified atom stereocenters. The maximum absolute atomic E-state index is 12.4. The zero-order valence-corrected chi connectivity index (χ0v) is 12.0. The van der Waals surface area contributed by atoms with Gasteiger partial charge in [-0.15, -0.1) is 0 Å². The second-order valence-electron chi connectivity index (χ2n) is 5.97. The predicted molar refractivity (Wildman–Crippen MR) is 80.6 cm³/mol. The summed E-state index contributed by atoms with van der Waals surface area (Å²) in [6.07, 6.45) is 3.72. The molecule has 1 saturated heterocycles. The molecule has 1 aromatic rings. The number of nitrogen functional groups attached to an aromatic ring is 1. The third-order valence-electron chi connectivity index (χ3n) is 4.23. The summed E-state index contributed by atoms with van der Waals surface area (Å²) in [6.45, 7) is 1.39. The summed E-state index contributed by atoms with van der Waals surface area (Å²) in [7, 11) is 0. The van der Waals surface area contributed by atoms with Crippen molar-refractivity contribution in [2.45, 2.75) is 31.7 Å². The predicted octanol–water partition coefficient (Wildman–Crippen LogP) is 1.40. The fourth-order valence-corrected chi connectivity index (χ4v) is 2.70. The standard InChI is InChI=1S/C16H21N3O2/c17-13-5-3-12(4-6-13)16(21)19-9-7-14(8-10-19)18-15(20)11-1-2-11/h3-6,11,14H,1-2,7-10,17H2,(H,18,20). The number of likely N-dealkylation sites (tertiary alicyclic amines) is 1. The SMILES string of the molecule is Nc1ccc(C(=O)N2CCC(NC(=O)C3CC3)CC2)cc1. The number of nitrogens with zero attached hydrogens (tertiary/aromatic N) is 1. The number of amides is 2. The lowest BCUT2D eigenvalue weighted by Crippen LogP contribution is -2.46. The molecule has 1 heterocycles. The van der Waals surface area contributed by atoms with Gasteiger partial charge in [0.05, 0.1) is 0 Å². The lowest BCUT2D eigenvalue weighted by Gasteiger charge is -2.32. The Morgan fingerprint density at radius 3 is 2.24 bits per heavy atom. The molecular formula is C16H21N3O2. The highest BCUT2D eigenvalue weighted by Crippen LogP contribution is 2.29. The molecule has 1 aromatic carbocycles. The molecule has 0 spiro atoms. The number of rotatable bonds is 3. The zero-order valence-electron chi connectivity index (χ0n) is 12.0. The van der Waals surface area contributed by atoms with Gasteiger partial charge in [0.1, 0.15) is 0 Å². The van der Waals surface area contributed by atoms with Crippen LogP contribution in [0.25, 0.3) is 0 Å². The Balaban J connectivity index is 1.51. The number of hydrogen-bond donors (Lipinski definition) is 2. The zero-order chi connectivity index (χ0) is 14.8. The molecule has 0 atom stereocenters. The van der Waals surface area contributed by atoms with E-state index in [-0.39, 0.29) is 23.8 Å². The van der Waals surface area contributed by atoms with Crippen molar-refractivity contribution in [1.82, 2.24) is 10.2 Å². The van der Waals surface area contributed by atoms with Gasteiger partial charge in [-0.3, -0.25) is 9.59 Å². The van der Waals surface area contributed by atoms with Crippen molar-refractivity contribution in [3.63, 3.8) is 0 Å². The van der Waals surface area contributed by atoms with Crippen molar-refractivity contribution in [3.8, 4) is 0 Å². The quantitative estimate of drug-likeness (QED) is 0.825. The molecule has 1 aliphatic heterocycles. The highest BCUT2D eigenvalue weighted by molar-refractivity contribution is 5.94. The van der Waals surface area contributed by atoms with Crippen LogP contribution in [0.1, 0.15) is 36.0 Å². The van der Waals surface area contributed by atoms with Crippen LogP contribution in [0, 0.1) is 5.92 Å². The maximum Gasteiger partial charge on any atom is 0.253 e. The van der Waals surface area contributed by atoms with Crippen molar-refractivity contribution in [2.75, 3.05) is 18.8 Å². The van der Waals surface area contributed by atoms with E-state index >= 15 is 0 Å². The van der Waals surface area contributed by atoms with Gasteiger partial charge in [0.25, 0.3) is 5.91 Å². The second-order valence-corrected chi connectivity index (χ2v) is 5.97. The number of anilines is 1. The average molecular weight is 287 g/mol. The van der Waals surface area contributed by atoms with Gasteiger partial charge in [-0.2, -0.15) is 0 Å². The van der Waals surface area contributed by atoms with Crippen molar-refractivity contribution < 1.29 is 9.59 Å². The van der Waals surface area contributed by atoms with Crippen LogP contribution in [0.2, 0.25) is 0 Å². The van der Waals surface area contributed by atoms with Gasteiger partial charge in [-0.25, -0.2) is 0 Å². The van der Waals surface area contributed by atoms with Gasteiger partial charge in [-0.05, 0) is 49.9 Å². The topological polar surface area (TPSA) is 75.4 Å². The van der Waals surface area contributed by atoms with E-state index in [1.54, 1.807) is 24.3 Å². The Morgan fingerprint density at radius 1 is 1.05 bits per heavy atom. The van der Waals surface area contributed by atoms with Crippen LogP contribution < -0.4 is 11.1 Å². The highest BCUT2D eigenvalue weighted by Gasteiger charge is 2.32. The molecule has 3 N–H and O–H groups in total. The Hall–Kier alpha value is -2.04. The third-order valence-corrected chi connectivity index (χ3v) is 4.23. The van der Waals surface area contributed by atoms with E-state index in [9.17, 15) is 9.59 Å². The Morgan fingerprint density at radius 2 is 1.67 bits per heavy atom. The van der Waals surface area contributed by atoms with E-state index in [0.29, 0.717) is 24.3 Å². The monoisotopic (exact) mass is 287 g/mol. The van der Waals surface area contributed by atoms with Gasteiger partial charge in [0.15, 0.2) is 0 Å². The minimum atomic E-state index is 0.0435. The molecule has 2 fully saturated rings. The number of carbonyl (C=O) groups excluding carboxylic acids is 2. The first-order valence-electron chi connectivity index (χ1n) is 7.58. The van der Waals surface area contributed by atoms with Crippen LogP contribution in [0.5, 0.6) is 0 Å². The molecular weight excluding hydrogens is 266 g/mol. The fraction of sp³-hybridized carbons (Fsp3) is 0.500. The molecule has 5 heteroatoms. The number of benzene rings is 1. The van der Waals surface area contributed by atoms with E-state index in [1.165, 1.54) is 0 Å². The number of nitrogens with two attached hydrogens (primary N) is 1. The molecule has 1 aliphatic carbocycles. The van der Waals surface area contributed by atoms with Crippen molar-refractivity contribution in [3.05, 3.63) is 29.8 Å². The molecule has 0 aromatic heterocycles. The van der Waals surface area contributed by atoms with Crippen LogP contribution in [0.15, 0.2) is 24.3 Å². The summed E-state index contributed by atoms with van der Waals surface area (Å²) in [5, 5.41) is 3.09. The Bertz CT molecular complexity index is 529. The molecule has 5 nitrogen and oxygen atoms in total. The van der Waals surface area contributed by atoms with Gasteiger partial charge in [0, 0.05) is 36.3 Å². The van der Waals surface area contributed by atoms with E-state index in [0.717, 1.165) is 25.7 Å². The summed E-state index contributed by atoms with van der Waals surface area (Å²) in [5.74, 6) is 0.486. The first-order chi connectivity index (χ1) is 10.1. The third kappa shape index (κ3) is 3.35. The van der Waals surface area contributed by atoms with Gasteiger partial charge >= 0.3 is 0 Å². The normalized spacial score (nSPS) is 19.3. The molecule has 1 saturated carbocycles. The summed E-state index contributed by atoms with van der Waals surface area (Å²) >= 11 is 0. The van der Waals surface area contributed by atoms with Crippen molar-refractivity contribution in [2.24, 2.45) is 5.92 Å². The van der Waals surface area contributed by atoms with Gasteiger partial charge in [-0.1, -0.05) is 0 Å². The summed E-state index contributed by atoms with van der Waals surface area (Å²) < 4.78 is 0. The minimum Gasteiger partial charge on any atom is -0.399 e. The first kappa shape index (κ1) is 13.9. The van der Waals surface area contributed by atoms with Crippen LogP contribution in [-0.4, -0.2) is 35.8 Å². The van der Waals surface area contributed by atoms with Crippen molar-refractivity contribution in [1.29, 1.82) is 0 Å². The summed E-state index contributed by atoms with van der Waals surface area (Å²) in [6, 6.07) is 7.23. The largest absolute Gasteiger partial charge is 0.399 e. The maximum atomic E-state index is 12.4. The molecule has 0 radical (unpaired) electrons. The van der Waals surface area contributed by atoms with E-state index in [2.05, 4.69) is 5.32 Å². The number of carbonyl (C=O) groups is 2. The molecule has 21 heavy (non-hydrogen) atoms. The van der Waals surface area contributed by atoms with Crippen molar-refractivity contribution >= 4 is 17.5 Å². The average Bonchev–Trinajstić information content (AvgIpc) is 3.33. The molecule has 2 aliphatic rings. The number of piperidine rings is 1. The number of nitrogens with one attached hydrogen (secondary N) is 1. The molecule has 3 rings (SSSR count). The van der Waals surface area contributed by atoms with E-state index < -0.39 is 0 Å². The molecule has 112 valence electrons. The first-order valence-corrected chi connectivity index (χ1v) is 7.58. The lowest BCUT2D eigenvalue weighted by molar-refractivity contribution is -0.123. The Labute approximate surface area is 124 Å². The van der Waals surface area contributed by atoms with E-state index in [4.69, 9.17) is 5.73 Å². The fourth-order valence-electron chi connectivity index (χ4n) is 2.70. The highest BCUT2D eigenvalue weighted by atomic mass is 16.2. The lowest BCUT2D eigenvalue weighted by atomic mass is 10.0. The Kier molecular flexibility index (Phi) is 3.82. The number of hydrogen-bond acceptors (Lipinski definition) is 3. The van der Waals surface area contributed by atoms with Gasteiger partial charge < -0.3 is 16.0 Å². The smallest absolute Gasteiger partial charge is 0.253 e. The van der Waals surface area contributed by atoms with Crippen LogP contribution >= 0.6 is 0 Å².